The number of methoxy groups -OCH3 is 1. The summed E-state index contributed by atoms with van der Waals surface area (Å²) in [4.78, 5) is 12.0. The highest BCUT2D eigenvalue weighted by Crippen LogP contribution is 2.30. The van der Waals surface area contributed by atoms with Gasteiger partial charge in [-0.15, -0.1) is 0 Å². The average Bonchev–Trinajstić information content (AvgIpc) is 3.13. The van der Waals surface area contributed by atoms with Crippen LogP contribution in [0.1, 0.15) is 5.56 Å². The first-order chi connectivity index (χ1) is 13.7. The highest BCUT2D eigenvalue weighted by molar-refractivity contribution is 6.29. The van der Waals surface area contributed by atoms with Crippen LogP contribution in [0.3, 0.4) is 0 Å². The van der Waals surface area contributed by atoms with Gasteiger partial charge in [0.1, 0.15) is 16.6 Å². The zero-order chi connectivity index (χ0) is 19.3. The van der Waals surface area contributed by atoms with Crippen molar-refractivity contribution in [3.63, 3.8) is 0 Å². The fourth-order valence-corrected chi connectivity index (χ4v) is 3.59. The highest BCUT2D eigenvalue weighted by Gasteiger charge is 2.13. The third-order valence-corrected chi connectivity index (χ3v) is 4.79. The van der Waals surface area contributed by atoms with Crippen LogP contribution < -0.4 is 5.32 Å². The van der Waals surface area contributed by atoms with E-state index in [2.05, 4.69) is 32.4 Å². The third-order valence-electron chi connectivity index (χ3n) is 4.60. The Kier molecular flexibility index (Phi) is 5.55. The van der Waals surface area contributed by atoms with Crippen molar-refractivity contribution in [2.24, 2.45) is 0 Å². The van der Waals surface area contributed by atoms with Crippen molar-refractivity contribution >= 4 is 28.5 Å². The van der Waals surface area contributed by atoms with Crippen LogP contribution in [0.4, 0.5) is 5.82 Å². The number of fused-ring (bicyclic) bond motifs is 1. The van der Waals surface area contributed by atoms with Crippen LogP contribution in [0.15, 0.2) is 67.0 Å². The Morgan fingerprint density at radius 3 is 2.82 bits per heavy atom. The van der Waals surface area contributed by atoms with Gasteiger partial charge in [0.2, 0.25) is 0 Å². The van der Waals surface area contributed by atoms with E-state index in [1.165, 1.54) is 5.56 Å². The van der Waals surface area contributed by atoms with Gasteiger partial charge in [0.15, 0.2) is 0 Å². The summed E-state index contributed by atoms with van der Waals surface area (Å²) >= 11 is 6.33. The molecule has 2 N–H and O–H groups in total. The van der Waals surface area contributed by atoms with Crippen LogP contribution >= 0.6 is 11.6 Å². The van der Waals surface area contributed by atoms with E-state index in [0.717, 1.165) is 34.4 Å². The minimum Gasteiger partial charge on any atom is -0.383 e. The number of hydrogen-bond donors (Lipinski definition) is 2. The molecule has 3 aromatic heterocycles. The lowest BCUT2D eigenvalue weighted by molar-refractivity contribution is 0.185. The Morgan fingerprint density at radius 2 is 2.00 bits per heavy atom. The second-order valence-electron chi connectivity index (χ2n) is 6.65. The molecule has 0 aliphatic heterocycles. The smallest absolute Gasteiger partial charge is 0.137 e. The molecule has 0 aliphatic carbocycles. The Bertz CT molecular complexity index is 1060. The Morgan fingerprint density at radius 1 is 1.14 bits per heavy atom. The van der Waals surface area contributed by atoms with Crippen molar-refractivity contribution in [2.45, 2.75) is 12.5 Å². The Hall–Kier alpha value is -2.89. The molecule has 4 aromatic rings. The fourth-order valence-electron chi connectivity index (χ4n) is 3.38. The summed E-state index contributed by atoms with van der Waals surface area (Å²) in [6, 6.07) is 18.2. The Labute approximate surface area is 168 Å². The van der Waals surface area contributed by atoms with Gasteiger partial charge in [-0.05, 0) is 41.8 Å². The lowest BCUT2D eigenvalue weighted by Gasteiger charge is -2.19. The predicted octanol–water partition coefficient (Wildman–Crippen LogP) is 4.95. The van der Waals surface area contributed by atoms with Gasteiger partial charge in [-0.25, -0.2) is 9.97 Å². The molecule has 0 radical (unpaired) electrons. The molecule has 0 amide bonds. The number of nitrogens with one attached hydrogen (secondary N) is 2. The normalized spacial score (nSPS) is 12.2. The summed E-state index contributed by atoms with van der Waals surface area (Å²) in [7, 11) is 1.70. The van der Waals surface area contributed by atoms with Crippen molar-refractivity contribution in [1.82, 2.24) is 15.0 Å². The highest BCUT2D eigenvalue weighted by atomic mass is 35.5. The maximum atomic E-state index is 6.33. The number of H-pyrrole nitrogens is 1. The molecule has 0 saturated carbocycles. The van der Waals surface area contributed by atoms with Crippen LogP contribution in [0.25, 0.3) is 22.2 Å². The summed E-state index contributed by atoms with van der Waals surface area (Å²) in [5.74, 6) is 0.721. The summed E-state index contributed by atoms with van der Waals surface area (Å²) in [6.07, 6.45) is 4.55. The average molecular weight is 393 g/mol. The number of ether oxygens (including phenoxy) is 1. The largest absolute Gasteiger partial charge is 0.383 e. The van der Waals surface area contributed by atoms with E-state index in [0.29, 0.717) is 11.8 Å². The zero-order valence-electron chi connectivity index (χ0n) is 15.5. The minimum absolute atomic E-state index is 0.0795. The van der Waals surface area contributed by atoms with E-state index in [9.17, 15) is 0 Å². The summed E-state index contributed by atoms with van der Waals surface area (Å²) < 4.78 is 5.40. The van der Waals surface area contributed by atoms with E-state index in [-0.39, 0.29) is 6.04 Å². The SMILES string of the molecule is COC[C@H](Cc1ccccc1)Nc1cc(-c2c[nH]c3ncccc23)cc(Cl)n1. The molecule has 4 rings (SSSR count). The van der Waals surface area contributed by atoms with Gasteiger partial charge in [0.05, 0.1) is 12.6 Å². The lowest BCUT2D eigenvalue weighted by Crippen LogP contribution is -2.28. The summed E-state index contributed by atoms with van der Waals surface area (Å²) in [6.45, 7) is 0.565. The minimum atomic E-state index is 0.0795. The molecule has 28 heavy (non-hydrogen) atoms. The molecule has 1 aromatic carbocycles. The number of anilines is 1. The molecule has 0 fully saturated rings. The van der Waals surface area contributed by atoms with E-state index in [1.54, 1.807) is 13.3 Å². The molecule has 0 saturated heterocycles. The van der Waals surface area contributed by atoms with E-state index >= 15 is 0 Å². The van der Waals surface area contributed by atoms with E-state index in [1.807, 2.05) is 48.7 Å². The van der Waals surface area contributed by atoms with Gasteiger partial charge in [0, 0.05) is 30.5 Å². The van der Waals surface area contributed by atoms with Crippen LogP contribution in [0.2, 0.25) is 5.15 Å². The topological polar surface area (TPSA) is 62.8 Å². The van der Waals surface area contributed by atoms with Gasteiger partial charge in [-0.3, -0.25) is 0 Å². The number of benzene rings is 1. The van der Waals surface area contributed by atoms with Crippen LogP contribution in [0.5, 0.6) is 0 Å². The molecule has 6 heteroatoms. The van der Waals surface area contributed by atoms with Crippen molar-refractivity contribution in [3.05, 3.63) is 77.7 Å². The number of halogens is 1. The molecule has 3 heterocycles. The lowest BCUT2D eigenvalue weighted by atomic mass is 10.1. The van der Waals surface area contributed by atoms with Crippen molar-refractivity contribution in [3.8, 4) is 11.1 Å². The molecule has 5 nitrogen and oxygen atoms in total. The van der Waals surface area contributed by atoms with Crippen molar-refractivity contribution in [1.29, 1.82) is 0 Å². The molecule has 1 atom stereocenters. The molecule has 0 aliphatic rings. The molecule has 142 valence electrons. The number of aromatic amines is 1. The first-order valence-electron chi connectivity index (χ1n) is 9.12. The first-order valence-corrected chi connectivity index (χ1v) is 9.50. The molecular formula is C22H21ClN4O. The molecule has 0 spiro atoms. The van der Waals surface area contributed by atoms with E-state index in [4.69, 9.17) is 16.3 Å². The Balaban J connectivity index is 1.62. The fraction of sp³-hybridized carbons (Fsp3) is 0.182. The second kappa shape index (κ2) is 8.42. The first kappa shape index (κ1) is 18.5. The second-order valence-corrected chi connectivity index (χ2v) is 7.04. The molecule has 0 bridgehead atoms. The summed E-state index contributed by atoms with van der Waals surface area (Å²) in [5.41, 5.74) is 4.11. The van der Waals surface area contributed by atoms with Gasteiger partial charge in [-0.1, -0.05) is 41.9 Å². The predicted molar refractivity (Wildman–Crippen MR) is 114 cm³/mol. The monoisotopic (exact) mass is 392 g/mol. The van der Waals surface area contributed by atoms with Gasteiger partial charge >= 0.3 is 0 Å². The maximum absolute atomic E-state index is 6.33. The van der Waals surface area contributed by atoms with Crippen LogP contribution in [0, 0.1) is 0 Å². The quantitative estimate of drug-likeness (QED) is 0.437. The van der Waals surface area contributed by atoms with Crippen molar-refractivity contribution in [2.75, 3.05) is 19.0 Å². The number of aromatic nitrogens is 3. The third kappa shape index (κ3) is 4.16. The molecule has 0 unspecified atom stereocenters. The summed E-state index contributed by atoms with van der Waals surface area (Å²) in [5, 5.41) is 4.96. The van der Waals surface area contributed by atoms with Crippen LogP contribution in [-0.2, 0) is 11.2 Å². The van der Waals surface area contributed by atoms with Gasteiger partial charge < -0.3 is 15.0 Å². The van der Waals surface area contributed by atoms with Crippen LogP contribution in [-0.4, -0.2) is 34.7 Å². The van der Waals surface area contributed by atoms with Gasteiger partial charge in [0.25, 0.3) is 0 Å². The zero-order valence-corrected chi connectivity index (χ0v) is 16.3. The maximum Gasteiger partial charge on any atom is 0.137 e. The number of pyridine rings is 2. The van der Waals surface area contributed by atoms with Crippen molar-refractivity contribution < 1.29 is 4.74 Å². The number of nitrogens with zero attached hydrogens (tertiary/aromatic N) is 2. The van der Waals surface area contributed by atoms with E-state index < -0.39 is 0 Å². The standard InChI is InChI=1S/C22H21ClN4O/c1-28-14-17(10-15-6-3-2-4-7-15)26-21-12-16(11-20(23)27-21)19-13-25-22-18(19)8-5-9-24-22/h2-9,11-13,17H,10,14H2,1H3,(H,24,25)(H,26,27)/t17-/m0/s1. The molecular weight excluding hydrogens is 372 g/mol. The number of hydrogen-bond acceptors (Lipinski definition) is 4. The number of rotatable bonds is 7. The van der Waals surface area contributed by atoms with Gasteiger partial charge in [-0.2, -0.15) is 0 Å².